The molecule has 0 bridgehead atoms. The Morgan fingerprint density at radius 1 is 1.60 bits per heavy atom. The van der Waals surface area contributed by atoms with Gasteiger partial charge in [-0.05, 0) is 19.4 Å². The quantitative estimate of drug-likeness (QED) is 0.774. The Morgan fingerprint density at radius 2 is 2.33 bits per heavy atom. The minimum absolute atomic E-state index is 0.0433. The van der Waals surface area contributed by atoms with Crippen LogP contribution in [0.5, 0.6) is 0 Å². The zero-order chi connectivity index (χ0) is 11.3. The van der Waals surface area contributed by atoms with Gasteiger partial charge in [0.15, 0.2) is 5.03 Å². The van der Waals surface area contributed by atoms with Crippen molar-refractivity contribution in [2.75, 3.05) is 0 Å². The van der Waals surface area contributed by atoms with Crippen LogP contribution in [-0.2, 0) is 10.0 Å². The summed E-state index contributed by atoms with van der Waals surface area (Å²) in [5.74, 6) is 0. The first kappa shape index (κ1) is 12.2. The fourth-order valence-electron chi connectivity index (χ4n) is 1.29. The number of rotatable bonds is 6. The van der Waals surface area contributed by atoms with E-state index in [0.717, 1.165) is 19.3 Å². The fourth-order valence-corrected chi connectivity index (χ4v) is 2.48. The third kappa shape index (κ3) is 3.64. The fraction of sp³-hybridized carbons (Fsp3) is 0.667. The molecule has 0 radical (unpaired) electrons. The molecule has 0 aliphatic heterocycles. The third-order valence-corrected chi connectivity index (χ3v) is 3.63. The molecule has 2 N–H and O–H groups in total. The standard InChI is InChI=1S/C9H17N3O2S/c1-3-4-5-8(2)12-15(13,14)9-6-7-10-11-9/h6-8,12H,3-5H2,1-2H3,(H,10,11). The van der Waals surface area contributed by atoms with E-state index >= 15 is 0 Å². The molecular formula is C9H17N3O2S. The van der Waals surface area contributed by atoms with Gasteiger partial charge in [0.2, 0.25) is 0 Å². The molecule has 5 nitrogen and oxygen atoms in total. The number of sulfonamides is 1. The number of hydrogen-bond acceptors (Lipinski definition) is 3. The molecule has 0 fully saturated rings. The average molecular weight is 231 g/mol. The second-order valence-electron chi connectivity index (χ2n) is 3.59. The van der Waals surface area contributed by atoms with Gasteiger partial charge in [0.1, 0.15) is 0 Å². The molecule has 1 aromatic heterocycles. The number of aromatic amines is 1. The number of unbranched alkanes of at least 4 members (excludes halogenated alkanes) is 1. The van der Waals surface area contributed by atoms with Crippen LogP contribution in [0, 0.1) is 0 Å². The zero-order valence-corrected chi connectivity index (χ0v) is 9.84. The molecule has 6 heteroatoms. The molecule has 1 rings (SSSR count). The summed E-state index contributed by atoms with van der Waals surface area (Å²) in [6.45, 7) is 3.94. The maximum absolute atomic E-state index is 11.7. The molecule has 0 amide bonds. The van der Waals surface area contributed by atoms with Crippen LogP contribution in [0.3, 0.4) is 0 Å². The van der Waals surface area contributed by atoms with E-state index in [-0.39, 0.29) is 11.1 Å². The number of nitrogens with zero attached hydrogens (tertiary/aromatic N) is 1. The largest absolute Gasteiger partial charge is 0.266 e. The first-order valence-corrected chi connectivity index (χ1v) is 6.56. The number of hydrogen-bond donors (Lipinski definition) is 2. The van der Waals surface area contributed by atoms with Gasteiger partial charge in [-0.2, -0.15) is 5.10 Å². The lowest BCUT2D eigenvalue weighted by atomic mass is 10.2. The van der Waals surface area contributed by atoms with Crippen LogP contribution in [0.1, 0.15) is 33.1 Å². The average Bonchev–Trinajstić information content (AvgIpc) is 2.67. The first-order chi connectivity index (χ1) is 7.06. The van der Waals surface area contributed by atoms with Crippen molar-refractivity contribution in [2.45, 2.75) is 44.2 Å². The Bertz CT molecular complexity index is 372. The van der Waals surface area contributed by atoms with Gasteiger partial charge in [-0.3, -0.25) is 5.10 Å². The van der Waals surface area contributed by atoms with Crippen LogP contribution >= 0.6 is 0 Å². The van der Waals surface area contributed by atoms with Crippen molar-refractivity contribution in [3.05, 3.63) is 12.3 Å². The van der Waals surface area contributed by atoms with E-state index in [9.17, 15) is 8.42 Å². The van der Waals surface area contributed by atoms with Crippen molar-refractivity contribution in [1.82, 2.24) is 14.9 Å². The van der Waals surface area contributed by atoms with Gasteiger partial charge >= 0.3 is 0 Å². The summed E-state index contributed by atoms with van der Waals surface area (Å²) in [6.07, 6.45) is 4.36. The lowest BCUT2D eigenvalue weighted by molar-refractivity contribution is 0.531. The van der Waals surface area contributed by atoms with Gasteiger partial charge < -0.3 is 0 Å². The third-order valence-electron chi connectivity index (χ3n) is 2.11. The lowest BCUT2D eigenvalue weighted by Crippen LogP contribution is -2.32. The van der Waals surface area contributed by atoms with Crippen LogP contribution < -0.4 is 4.72 Å². The summed E-state index contributed by atoms with van der Waals surface area (Å²) in [7, 11) is -3.41. The van der Waals surface area contributed by atoms with Crippen LogP contribution in [0.2, 0.25) is 0 Å². The Balaban J connectivity index is 2.57. The lowest BCUT2D eigenvalue weighted by Gasteiger charge is -2.12. The van der Waals surface area contributed by atoms with E-state index in [4.69, 9.17) is 0 Å². The van der Waals surface area contributed by atoms with E-state index in [1.54, 1.807) is 0 Å². The molecular weight excluding hydrogens is 214 g/mol. The first-order valence-electron chi connectivity index (χ1n) is 5.08. The summed E-state index contributed by atoms with van der Waals surface area (Å²) in [5, 5.41) is 6.17. The van der Waals surface area contributed by atoms with Crippen LogP contribution in [0.25, 0.3) is 0 Å². The minimum Gasteiger partial charge on any atom is -0.266 e. The van der Waals surface area contributed by atoms with Crippen molar-refractivity contribution in [2.24, 2.45) is 0 Å². The van der Waals surface area contributed by atoms with Gasteiger partial charge in [-0.15, -0.1) is 0 Å². The molecule has 0 saturated heterocycles. The molecule has 1 atom stereocenters. The van der Waals surface area contributed by atoms with Crippen molar-refractivity contribution < 1.29 is 8.42 Å². The summed E-state index contributed by atoms with van der Waals surface area (Å²) in [5.41, 5.74) is 0. The number of nitrogens with one attached hydrogen (secondary N) is 2. The van der Waals surface area contributed by atoms with Gasteiger partial charge in [0.25, 0.3) is 10.0 Å². The van der Waals surface area contributed by atoms with Crippen LogP contribution in [0.4, 0.5) is 0 Å². The summed E-state index contributed by atoms with van der Waals surface area (Å²) in [4.78, 5) is 0. The zero-order valence-electron chi connectivity index (χ0n) is 9.03. The molecule has 15 heavy (non-hydrogen) atoms. The Labute approximate surface area is 90.3 Å². The molecule has 1 unspecified atom stereocenters. The van der Waals surface area contributed by atoms with E-state index in [2.05, 4.69) is 21.8 Å². The Morgan fingerprint density at radius 3 is 2.87 bits per heavy atom. The second kappa shape index (κ2) is 5.27. The van der Waals surface area contributed by atoms with Gasteiger partial charge in [-0.1, -0.05) is 19.8 Å². The molecule has 1 aromatic rings. The molecule has 0 aliphatic carbocycles. The predicted molar refractivity (Wildman–Crippen MR) is 57.9 cm³/mol. The van der Waals surface area contributed by atoms with Gasteiger partial charge in [-0.25, -0.2) is 13.1 Å². The second-order valence-corrected chi connectivity index (χ2v) is 5.27. The molecule has 0 spiro atoms. The van der Waals surface area contributed by atoms with Crippen LogP contribution in [-0.4, -0.2) is 24.7 Å². The summed E-state index contributed by atoms with van der Waals surface area (Å²) < 4.78 is 26.0. The predicted octanol–water partition coefficient (Wildman–Crippen LogP) is 1.27. The van der Waals surface area contributed by atoms with E-state index < -0.39 is 10.0 Å². The van der Waals surface area contributed by atoms with E-state index in [1.165, 1.54) is 12.3 Å². The topological polar surface area (TPSA) is 74.8 Å². The highest BCUT2D eigenvalue weighted by Crippen LogP contribution is 2.06. The van der Waals surface area contributed by atoms with E-state index in [1.807, 2.05) is 6.92 Å². The molecule has 86 valence electrons. The van der Waals surface area contributed by atoms with Crippen molar-refractivity contribution >= 4 is 10.0 Å². The van der Waals surface area contributed by atoms with E-state index in [0.29, 0.717) is 0 Å². The number of aromatic nitrogens is 2. The van der Waals surface area contributed by atoms with Crippen LogP contribution in [0.15, 0.2) is 17.3 Å². The molecule has 0 saturated carbocycles. The van der Waals surface area contributed by atoms with Crippen molar-refractivity contribution in [3.8, 4) is 0 Å². The highest BCUT2D eigenvalue weighted by Gasteiger charge is 2.17. The smallest absolute Gasteiger partial charge is 0.257 e. The highest BCUT2D eigenvalue weighted by atomic mass is 32.2. The maximum Gasteiger partial charge on any atom is 0.257 e. The van der Waals surface area contributed by atoms with Gasteiger partial charge in [0, 0.05) is 6.04 Å². The van der Waals surface area contributed by atoms with Gasteiger partial charge in [0.05, 0.1) is 6.20 Å². The monoisotopic (exact) mass is 231 g/mol. The summed E-state index contributed by atoms with van der Waals surface area (Å²) in [6, 6.07) is 1.40. The maximum atomic E-state index is 11.7. The Hall–Kier alpha value is -0.880. The molecule has 0 aliphatic rings. The highest BCUT2D eigenvalue weighted by molar-refractivity contribution is 7.89. The molecule has 1 heterocycles. The Kier molecular flexibility index (Phi) is 4.28. The van der Waals surface area contributed by atoms with Crippen molar-refractivity contribution in [1.29, 1.82) is 0 Å². The normalized spacial score (nSPS) is 14.0. The SMILES string of the molecule is CCCCC(C)NS(=O)(=O)c1ccn[nH]1. The minimum atomic E-state index is -3.41. The van der Waals surface area contributed by atoms with Crippen molar-refractivity contribution in [3.63, 3.8) is 0 Å². The summed E-state index contributed by atoms with van der Waals surface area (Å²) >= 11 is 0. The number of H-pyrrole nitrogens is 1. The molecule has 0 aromatic carbocycles.